The number of piperidine rings is 1. The number of amides is 1. The fraction of sp³-hybridized carbons (Fsp3) is 0.409. The third-order valence-electron chi connectivity index (χ3n) is 5.85. The van der Waals surface area contributed by atoms with Gasteiger partial charge in [-0.15, -0.1) is 0 Å². The van der Waals surface area contributed by atoms with Gasteiger partial charge < -0.3 is 15.3 Å². The van der Waals surface area contributed by atoms with Crippen LogP contribution in [0, 0.1) is 5.82 Å². The van der Waals surface area contributed by atoms with Gasteiger partial charge in [0, 0.05) is 48.5 Å². The summed E-state index contributed by atoms with van der Waals surface area (Å²) in [4.78, 5) is 16.7. The molecule has 154 valence electrons. The summed E-state index contributed by atoms with van der Waals surface area (Å²) in [5.74, 6) is -0.311. The number of hydrogen-bond acceptors (Lipinski definition) is 4. The Bertz CT molecular complexity index is 838. The van der Waals surface area contributed by atoms with Crippen LogP contribution in [0.4, 0.5) is 10.1 Å². The molecule has 0 bridgehead atoms. The summed E-state index contributed by atoms with van der Waals surface area (Å²) in [7, 11) is 0. The summed E-state index contributed by atoms with van der Waals surface area (Å²) in [6, 6.07) is 13.5. The number of aliphatic hydroxyl groups is 1. The molecule has 0 saturated carbocycles. The SMILES string of the molecule is O=C(c1ccc(Cl)cc1)N1C[C@@H](O)[C@H](N2CCC(Nc3ccc(F)cc3)CC2)C1. The molecule has 2 aromatic rings. The van der Waals surface area contributed by atoms with Gasteiger partial charge in [-0.05, 0) is 61.4 Å². The van der Waals surface area contributed by atoms with Gasteiger partial charge in [0.2, 0.25) is 0 Å². The van der Waals surface area contributed by atoms with E-state index >= 15 is 0 Å². The van der Waals surface area contributed by atoms with Crippen LogP contribution in [0.3, 0.4) is 0 Å². The lowest BCUT2D eigenvalue weighted by molar-refractivity contribution is 0.0681. The van der Waals surface area contributed by atoms with Crippen molar-refractivity contribution in [3.05, 3.63) is 64.9 Å². The van der Waals surface area contributed by atoms with Crippen molar-refractivity contribution in [1.29, 1.82) is 0 Å². The summed E-state index contributed by atoms with van der Waals surface area (Å²) in [6.45, 7) is 2.58. The number of β-amino-alcohol motifs (C(OH)–C–C–N with tert-alkyl or cyclic N) is 1. The van der Waals surface area contributed by atoms with Crippen LogP contribution < -0.4 is 5.32 Å². The number of halogens is 2. The summed E-state index contributed by atoms with van der Waals surface area (Å²) < 4.78 is 13.0. The van der Waals surface area contributed by atoms with Crippen LogP contribution in [0.1, 0.15) is 23.2 Å². The summed E-state index contributed by atoms with van der Waals surface area (Å²) in [5.41, 5.74) is 1.51. The van der Waals surface area contributed by atoms with E-state index in [1.54, 1.807) is 41.3 Å². The number of aliphatic hydroxyl groups excluding tert-OH is 1. The van der Waals surface area contributed by atoms with Crippen molar-refractivity contribution in [3.63, 3.8) is 0 Å². The lowest BCUT2D eigenvalue weighted by Crippen LogP contribution is -2.49. The van der Waals surface area contributed by atoms with E-state index in [4.69, 9.17) is 11.6 Å². The average Bonchev–Trinajstić information content (AvgIpc) is 3.12. The molecule has 7 heteroatoms. The van der Waals surface area contributed by atoms with Crippen LogP contribution >= 0.6 is 11.6 Å². The van der Waals surface area contributed by atoms with Gasteiger partial charge in [-0.3, -0.25) is 9.69 Å². The van der Waals surface area contributed by atoms with Crippen LogP contribution in [0.2, 0.25) is 5.02 Å². The van der Waals surface area contributed by atoms with Crippen molar-refractivity contribution in [2.24, 2.45) is 0 Å². The molecular formula is C22H25ClFN3O2. The minimum absolute atomic E-state index is 0.0435. The number of carbonyl (C=O) groups is 1. The van der Waals surface area contributed by atoms with Crippen molar-refractivity contribution < 1.29 is 14.3 Å². The minimum Gasteiger partial charge on any atom is -0.390 e. The molecule has 2 fully saturated rings. The molecule has 2 aliphatic heterocycles. The molecule has 2 N–H and O–H groups in total. The fourth-order valence-corrected chi connectivity index (χ4v) is 4.35. The predicted octanol–water partition coefficient (Wildman–Crippen LogP) is 3.24. The number of hydrogen-bond donors (Lipinski definition) is 2. The largest absolute Gasteiger partial charge is 0.390 e. The number of nitrogens with one attached hydrogen (secondary N) is 1. The first-order chi connectivity index (χ1) is 14.0. The maximum atomic E-state index is 13.0. The second-order valence-corrected chi connectivity index (χ2v) is 8.25. The number of benzene rings is 2. The third kappa shape index (κ3) is 4.71. The van der Waals surface area contributed by atoms with Gasteiger partial charge >= 0.3 is 0 Å². The standard InChI is InChI=1S/C22H25ClFN3O2/c23-16-3-1-15(2-4-16)22(29)27-13-20(21(28)14-27)26-11-9-19(10-12-26)25-18-7-5-17(24)6-8-18/h1-8,19-21,25,28H,9-14H2/t20-,21-/m1/s1. The average molecular weight is 418 g/mol. The van der Waals surface area contributed by atoms with Gasteiger partial charge in [0.05, 0.1) is 12.1 Å². The highest BCUT2D eigenvalue weighted by atomic mass is 35.5. The van der Waals surface area contributed by atoms with Gasteiger partial charge in [-0.2, -0.15) is 0 Å². The molecule has 0 aliphatic carbocycles. The number of anilines is 1. The second-order valence-electron chi connectivity index (χ2n) is 7.81. The second kappa shape index (κ2) is 8.69. The Morgan fingerprint density at radius 2 is 1.69 bits per heavy atom. The molecule has 0 radical (unpaired) electrons. The fourth-order valence-electron chi connectivity index (χ4n) is 4.23. The first kappa shape index (κ1) is 20.1. The maximum absolute atomic E-state index is 13.0. The normalized spacial score (nSPS) is 23.3. The predicted molar refractivity (Wildman–Crippen MR) is 112 cm³/mol. The zero-order chi connectivity index (χ0) is 20.4. The van der Waals surface area contributed by atoms with E-state index in [-0.39, 0.29) is 17.8 Å². The molecule has 29 heavy (non-hydrogen) atoms. The molecular weight excluding hydrogens is 393 g/mol. The number of likely N-dealkylation sites (tertiary alicyclic amines) is 2. The quantitative estimate of drug-likeness (QED) is 0.801. The Balaban J connectivity index is 1.31. The Morgan fingerprint density at radius 3 is 2.34 bits per heavy atom. The summed E-state index contributed by atoms with van der Waals surface area (Å²) >= 11 is 5.90. The van der Waals surface area contributed by atoms with Crippen molar-refractivity contribution >= 4 is 23.2 Å². The Kier molecular flexibility index (Phi) is 6.04. The van der Waals surface area contributed by atoms with Crippen molar-refractivity contribution in [1.82, 2.24) is 9.80 Å². The van der Waals surface area contributed by atoms with Gasteiger partial charge in [-0.1, -0.05) is 11.6 Å². The van der Waals surface area contributed by atoms with Gasteiger partial charge in [0.15, 0.2) is 0 Å². The number of rotatable bonds is 4. The molecule has 0 unspecified atom stereocenters. The molecule has 2 aromatic carbocycles. The topological polar surface area (TPSA) is 55.8 Å². The Morgan fingerprint density at radius 1 is 1.03 bits per heavy atom. The zero-order valence-electron chi connectivity index (χ0n) is 16.1. The van der Waals surface area contributed by atoms with Crippen LogP contribution in [0.5, 0.6) is 0 Å². The van der Waals surface area contributed by atoms with E-state index in [1.165, 1.54) is 12.1 Å². The van der Waals surface area contributed by atoms with E-state index in [9.17, 15) is 14.3 Å². The van der Waals surface area contributed by atoms with Crippen molar-refractivity contribution in [2.75, 3.05) is 31.5 Å². The highest BCUT2D eigenvalue weighted by molar-refractivity contribution is 6.30. The first-order valence-electron chi connectivity index (χ1n) is 9.98. The molecule has 4 rings (SSSR count). The molecule has 0 spiro atoms. The van der Waals surface area contributed by atoms with Gasteiger partial charge in [-0.25, -0.2) is 4.39 Å². The van der Waals surface area contributed by atoms with E-state index < -0.39 is 6.10 Å². The summed E-state index contributed by atoms with van der Waals surface area (Å²) in [6.07, 6.45) is 1.32. The molecule has 1 amide bonds. The molecule has 2 atom stereocenters. The van der Waals surface area contributed by atoms with Crippen LogP contribution in [-0.4, -0.2) is 65.2 Å². The van der Waals surface area contributed by atoms with Crippen molar-refractivity contribution in [3.8, 4) is 0 Å². The zero-order valence-corrected chi connectivity index (χ0v) is 16.9. The van der Waals surface area contributed by atoms with E-state index in [1.807, 2.05) is 0 Å². The molecule has 5 nitrogen and oxygen atoms in total. The van der Waals surface area contributed by atoms with Crippen molar-refractivity contribution in [2.45, 2.75) is 31.0 Å². The van der Waals surface area contributed by atoms with E-state index in [0.29, 0.717) is 29.7 Å². The van der Waals surface area contributed by atoms with Gasteiger partial charge in [0.25, 0.3) is 5.91 Å². The number of nitrogens with zero attached hydrogens (tertiary/aromatic N) is 2. The highest BCUT2D eigenvalue weighted by Gasteiger charge is 2.39. The third-order valence-corrected chi connectivity index (χ3v) is 6.10. The molecule has 2 heterocycles. The van der Waals surface area contributed by atoms with Crippen LogP contribution in [0.25, 0.3) is 0 Å². The van der Waals surface area contributed by atoms with Crippen LogP contribution in [-0.2, 0) is 0 Å². The Hall–Kier alpha value is -2.15. The smallest absolute Gasteiger partial charge is 0.253 e. The van der Waals surface area contributed by atoms with E-state index in [2.05, 4.69) is 10.2 Å². The maximum Gasteiger partial charge on any atom is 0.253 e. The van der Waals surface area contributed by atoms with Gasteiger partial charge in [0.1, 0.15) is 5.82 Å². The molecule has 0 aromatic heterocycles. The molecule has 2 saturated heterocycles. The number of carbonyl (C=O) groups excluding carboxylic acids is 1. The van der Waals surface area contributed by atoms with E-state index in [0.717, 1.165) is 31.6 Å². The lowest BCUT2D eigenvalue weighted by Gasteiger charge is -2.37. The monoisotopic (exact) mass is 417 g/mol. The summed E-state index contributed by atoms with van der Waals surface area (Å²) in [5, 5.41) is 14.6. The molecule has 2 aliphatic rings. The first-order valence-corrected chi connectivity index (χ1v) is 10.4. The lowest BCUT2D eigenvalue weighted by atomic mass is 10.0. The Labute approximate surface area is 175 Å². The van der Waals surface area contributed by atoms with Crippen LogP contribution in [0.15, 0.2) is 48.5 Å². The minimum atomic E-state index is -0.548. The highest BCUT2D eigenvalue weighted by Crippen LogP contribution is 2.24.